The molecule has 1 aliphatic rings. The molecule has 2 aromatic heterocycles. The van der Waals surface area contributed by atoms with Crippen LogP contribution in [0.5, 0.6) is 0 Å². The number of nitrogens with zero attached hydrogens (tertiary/aromatic N) is 3. The normalized spacial score (nSPS) is 20.4. The van der Waals surface area contributed by atoms with Crippen LogP contribution in [-0.2, 0) is 7.05 Å². The molecule has 1 unspecified atom stereocenters. The van der Waals surface area contributed by atoms with Crippen LogP contribution in [0.1, 0.15) is 30.3 Å². The van der Waals surface area contributed by atoms with Crippen LogP contribution in [0.2, 0.25) is 0 Å². The highest BCUT2D eigenvalue weighted by molar-refractivity contribution is 5.72. The maximum Gasteiger partial charge on any atom is 0.421 e. The number of oxazole rings is 1. The van der Waals surface area contributed by atoms with Crippen molar-refractivity contribution in [1.82, 2.24) is 19.9 Å². The first kappa shape index (κ1) is 11.4. The fourth-order valence-corrected chi connectivity index (χ4v) is 2.56. The van der Waals surface area contributed by atoms with Gasteiger partial charge in [-0.25, -0.2) is 9.78 Å². The molecular weight excluding hydrogens is 232 g/mol. The van der Waals surface area contributed by atoms with Gasteiger partial charge in [0, 0.05) is 19.5 Å². The van der Waals surface area contributed by atoms with E-state index in [9.17, 15) is 4.79 Å². The lowest BCUT2D eigenvalue weighted by molar-refractivity contribution is 0.455. The van der Waals surface area contributed by atoms with Crippen molar-refractivity contribution in [2.45, 2.75) is 25.7 Å². The summed E-state index contributed by atoms with van der Waals surface area (Å²) in [5, 5.41) is 3.37. The van der Waals surface area contributed by atoms with Crippen LogP contribution in [0.3, 0.4) is 0 Å². The molecule has 3 rings (SSSR count). The minimum absolute atomic E-state index is 0.325. The highest BCUT2D eigenvalue weighted by Gasteiger charge is 2.23. The minimum atomic E-state index is -0.380. The first-order valence-corrected chi connectivity index (χ1v) is 6.21. The van der Waals surface area contributed by atoms with E-state index in [2.05, 4.69) is 15.3 Å². The topological polar surface area (TPSA) is 73.0 Å². The Labute approximate surface area is 104 Å². The summed E-state index contributed by atoms with van der Waals surface area (Å²) in [5.41, 5.74) is 2.06. The number of hydrogen-bond donors (Lipinski definition) is 1. The van der Waals surface area contributed by atoms with Gasteiger partial charge in [-0.15, -0.1) is 0 Å². The summed E-state index contributed by atoms with van der Waals surface area (Å²) in [7, 11) is 1.70. The van der Waals surface area contributed by atoms with E-state index in [1.54, 1.807) is 7.05 Å². The molecule has 0 amide bonds. The van der Waals surface area contributed by atoms with Crippen LogP contribution in [0.15, 0.2) is 9.21 Å². The predicted molar refractivity (Wildman–Crippen MR) is 66.6 cm³/mol. The van der Waals surface area contributed by atoms with Crippen molar-refractivity contribution in [1.29, 1.82) is 0 Å². The van der Waals surface area contributed by atoms with Gasteiger partial charge in [0.2, 0.25) is 0 Å². The average Bonchev–Trinajstić information content (AvgIpc) is 2.65. The standard InChI is InChI=1S/C12H16N4O2/c1-7-14-9(8-4-3-5-13-6-8)10-11(15-7)18-12(17)16(10)2/h8,13H,3-6H2,1-2H3. The van der Waals surface area contributed by atoms with Gasteiger partial charge in [-0.05, 0) is 26.3 Å². The van der Waals surface area contributed by atoms with E-state index >= 15 is 0 Å². The molecule has 96 valence electrons. The molecule has 0 spiro atoms. The van der Waals surface area contributed by atoms with Gasteiger partial charge in [0.15, 0.2) is 0 Å². The van der Waals surface area contributed by atoms with Crippen molar-refractivity contribution in [3.05, 3.63) is 22.1 Å². The summed E-state index contributed by atoms with van der Waals surface area (Å²) in [4.78, 5) is 20.3. The van der Waals surface area contributed by atoms with Crippen LogP contribution in [0, 0.1) is 6.92 Å². The molecule has 0 bridgehead atoms. The van der Waals surface area contributed by atoms with Crippen molar-refractivity contribution in [3.8, 4) is 0 Å². The lowest BCUT2D eigenvalue weighted by Gasteiger charge is -2.22. The molecule has 3 heterocycles. The Balaban J connectivity index is 2.22. The zero-order valence-corrected chi connectivity index (χ0v) is 10.6. The third-order valence-corrected chi connectivity index (χ3v) is 3.47. The van der Waals surface area contributed by atoms with Gasteiger partial charge in [-0.2, -0.15) is 4.98 Å². The summed E-state index contributed by atoms with van der Waals surface area (Å²) in [5.74, 6) is 0.596. The predicted octanol–water partition coefficient (Wildman–Crippen LogP) is 0.697. The van der Waals surface area contributed by atoms with Gasteiger partial charge in [0.05, 0.1) is 5.69 Å². The Morgan fingerprint density at radius 3 is 3.00 bits per heavy atom. The van der Waals surface area contributed by atoms with Gasteiger partial charge < -0.3 is 9.73 Å². The van der Waals surface area contributed by atoms with E-state index in [0.29, 0.717) is 17.5 Å². The van der Waals surface area contributed by atoms with Crippen LogP contribution >= 0.6 is 0 Å². The van der Waals surface area contributed by atoms with E-state index in [1.165, 1.54) is 4.57 Å². The van der Waals surface area contributed by atoms with E-state index in [-0.39, 0.29) is 5.76 Å². The second-order valence-electron chi connectivity index (χ2n) is 4.78. The third kappa shape index (κ3) is 1.73. The van der Waals surface area contributed by atoms with Gasteiger partial charge in [-0.3, -0.25) is 4.57 Å². The third-order valence-electron chi connectivity index (χ3n) is 3.47. The van der Waals surface area contributed by atoms with Crippen LogP contribution < -0.4 is 11.1 Å². The Morgan fingerprint density at radius 2 is 2.28 bits per heavy atom. The van der Waals surface area contributed by atoms with Gasteiger partial charge in [-0.1, -0.05) is 0 Å². The lowest BCUT2D eigenvalue weighted by atomic mass is 9.95. The van der Waals surface area contributed by atoms with Crippen molar-refractivity contribution in [2.75, 3.05) is 13.1 Å². The molecule has 1 fully saturated rings. The molecule has 0 aliphatic carbocycles. The fourth-order valence-electron chi connectivity index (χ4n) is 2.56. The smallest absolute Gasteiger partial charge is 0.388 e. The maximum atomic E-state index is 11.6. The Hall–Kier alpha value is -1.69. The Kier molecular flexibility index (Phi) is 2.66. The molecule has 6 nitrogen and oxygen atoms in total. The molecule has 1 atom stereocenters. The first-order valence-electron chi connectivity index (χ1n) is 6.21. The van der Waals surface area contributed by atoms with Crippen molar-refractivity contribution < 1.29 is 4.42 Å². The molecule has 1 N–H and O–H groups in total. The number of aromatic nitrogens is 3. The zero-order valence-electron chi connectivity index (χ0n) is 10.6. The first-order chi connectivity index (χ1) is 8.66. The zero-order chi connectivity index (χ0) is 12.7. The molecule has 0 aromatic carbocycles. The number of hydrogen-bond acceptors (Lipinski definition) is 5. The van der Waals surface area contributed by atoms with Gasteiger partial charge in [0.25, 0.3) is 5.71 Å². The summed E-state index contributed by atoms with van der Waals surface area (Å²) < 4.78 is 6.65. The van der Waals surface area contributed by atoms with Gasteiger partial charge in [0.1, 0.15) is 11.3 Å². The number of nitrogens with one attached hydrogen (secondary N) is 1. The van der Waals surface area contributed by atoms with E-state index in [0.717, 1.165) is 37.1 Å². The highest BCUT2D eigenvalue weighted by atomic mass is 16.4. The SMILES string of the molecule is Cc1nc(C2CCCNC2)c2c(n1)oc(=O)n2C. The second kappa shape index (κ2) is 4.20. The van der Waals surface area contributed by atoms with E-state index in [4.69, 9.17) is 4.42 Å². The van der Waals surface area contributed by atoms with Crippen molar-refractivity contribution in [2.24, 2.45) is 7.05 Å². The van der Waals surface area contributed by atoms with Gasteiger partial charge >= 0.3 is 5.76 Å². The van der Waals surface area contributed by atoms with Crippen LogP contribution in [0.25, 0.3) is 11.2 Å². The lowest BCUT2D eigenvalue weighted by Crippen LogP contribution is -2.29. The molecule has 1 aliphatic heterocycles. The maximum absolute atomic E-state index is 11.6. The fraction of sp³-hybridized carbons (Fsp3) is 0.583. The monoisotopic (exact) mass is 248 g/mol. The van der Waals surface area contributed by atoms with E-state index < -0.39 is 0 Å². The Morgan fingerprint density at radius 1 is 1.44 bits per heavy atom. The number of rotatable bonds is 1. The molecule has 2 aromatic rings. The molecule has 6 heteroatoms. The molecule has 0 saturated carbocycles. The largest absolute Gasteiger partial charge is 0.421 e. The molecule has 18 heavy (non-hydrogen) atoms. The summed E-state index contributed by atoms with van der Waals surface area (Å²) in [6.45, 7) is 3.77. The van der Waals surface area contributed by atoms with Crippen LogP contribution in [-0.4, -0.2) is 27.6 Å². The van der Waals surface area contributed by atoms with Crippen molar-refractivity contribution in [3.63, 3.8) is 0 Å². The van der Waals surface area contributed by atoms with Crippen molar-refractivity contribution >= 4 is 11.2 Å². The van der Waals surface area contributed by atoms with E-state index in [1.807, 2.05) is 6.92 Å². The number of piperidine rings is 1. The molecule has 0 radical (unpaired) electrons. The number of fused-ring (bicyclic) bond motifs is 1. The molecule has 1 saturated heterocycles. The Bertz CT molecular complexity index is 637. The number of aryl methyl sites for hydroxylation is 2. The average molecular weight is 248 g/mol. The summed E-state index contributed by atoms with van der Waals surface area (Å²) >= 11 is 0. The van der Waals surface area contributed by atoms with Crippen LogP contribution in [0.4, 0.5) is 0 Å². The summed E-state index contributed by atoms with van der Waals surface area (Å²) in [6, 6.07) is 0. The second-order valence-corrected chi connectivity index (χ2v) is 4.78. The minimum Gasteiger partial charge on any atom is -0.388 e. The summed E-state index contributed by atoms with van der Waals surface area (Å²) in [6.07, 6.45) is 2.21. The molecular formula is C12H16N4O2. The highest BCUT2D eigenvalue weighted by Crippen LogP contribution is 2.27. The quantitative estimate of drug-likeness (QED) is 0.804.